The Hall–Kier alpha value is -0.580. The average molecular weight is 250 g/mol. The summed E-state index contributed by atoms with van der Waals surface area (Å²) in [7, 11) is -2.01. The van der Waals surface area contributed by atoms with E-state index in [1.54, 1.807) is 20.8 Å². The highest BCUT2D eigenvalue weighted by atomic mass is 32.2. The Morgan fingerprint density at radius 2 is 1.69 bits per heavy atom. The molecule has 1 atom stereocenters. The van der Waals surface area contributed by atoms with Gasteiger partial charge in [0.25, 0.3) is 0 Å². The Balaban J connectivity index is 4.92. The minimum absolute atomic E-state index is 0.0402. The summed E-state index contributed by atoms with van der Waals surface area (Å²) in [4.78, 5) is 11.4. The lowest BCUT2D eigenvalue weighted by Crippen LogP contribution is -2.38. The molecule has 0 N–H and O–H groups in total. The number of ether oxygens (including phenoxy) is 1. The van der Waals surface area contributed by atoms with Gasteiger partial charge in [0.15, 0.2) is 9.84 Å². The molecule has 0 aliphatic heterocycles. The molecule has 0 amide bonds. The van der Waals surface area contributed by atoms with E-state index >= 15 is 0 Å². The molecule has 0 aromatic rings. The van der Waals surface area contributed by atoms with Crippen LogP contribution >= 0.6 is 0 Å². The van der Waals surface area contributed by atoms with Gasteiger partial charge in [-0.2, -0.15) is 0 Å². The Labute approximate surface area is 98.3 Å². The van der Waals surface area contributed by atoms with Crippen molar-refractivity contribution in [3.8, 4) is 0 Å². The maximum Gasteiger partial charge on any atom is 0.312 e. The maximum atomic E-state index is 12.0. The molecule has 0 rings (SSSR count). The second-order valence-corrected chi connectivity index (χ2v) is 7.49. The fraction of sp³-hybridized carbons (Fsp3) is 0.909. The zero-order valence-electron chi connectivity index (χ0n) is 10.9. The molecule has 0 heterocycles. The van der Waals surface area contributed by atoms with E-state index in [1.807, 2.05) is 13.8 Å². The molecule has 96 valence electrons. The van der Waals surface area contributed by atoms with E-state index in [9.17, 15) is 13.2 Å². The molecule has 0 aromatic heterocycles. The van der Waals surface area contributed by atoms with Crippen molar-refractivity contribution >= 4 is 15.8 Å². The van der Waals surface area contributed by atoms with Gasteiger partial charge in [0.2, 0.25) is 0 Å². The number of esters is 1. The van der Waals surface area contributed by atoms with E-state index in [4.69, 9.17) is 0 Å². The predicted octanol–water partition coefficient (Wildman–Crippen LogP) is 1.64. The number of hydrogen-bond acceptors (Lipinski definition) is 4. The highest BCUT2D eigenvalue weighted by Crippen LogP contribution is 2.24. The van der Waals surface area contributed by atoms with E-state index in [2.05, 4.69) is 4.74 Å². The first-order chi connectivity index (χ1) is 7.04. The van der Waals surface area contributed by atoms with Crippen molar-refractivity contribution in [3.05, 3.63) is 0 Å². The minimum atomic E-state index is -3.27. The lowest BCUT2D eigenvalue weighted by Gasteiger charge is -2.24. The summed E-state index contributed by atoms with van der Waals surface area (Å²) in [6, 6.07) is 0. The maximum absolute atomic E-state index is 12.0. The quantitative estimate of drug-likeness (QED) is 0.696. The van der Waals surface area contributed by atoms with Gasteiger partial charge in [0, 0.05) is 0 Å². The summed E-state index contributed by atoms with van der Waals surface area (Å²) in [6.45, 7) is 8.56. The summed E-state index contributed by atoms with van der Waals surface area (Å²) in [5, 5.41) is -0.448. The Kier molecular flexibility index (Phi) is 4.98. The third-order valence-electron chi connectivity index (χ3n) is 2.81. The van der Waals surface area contributed by atoms with Crippen LogP contribution in [-0.2, 0) is 19.4 Å². The molecule has 0 aromatic carbocycles. The molecule has 0 bridgehead atoms. The molecule has 5 heteroatoms. The molecular formula is C11H22O4S. The number of methoxy groups -OCH3 is 1. The lowest BCUT2D eigenvalue weighted by atomic mass is 9.97. The molecule has 0 spiro atoms. The van der Waals surface area contributed by atoms with Gasteiger partial charge in [-0.1, -0.05) is 13.8 Å². The number of carbonyl (C=O) groups excluding carboxylic acids is 1. The van der Waals surface area contributed by atoms with Gasteiger partial charge in [-0.15, -0.1) is 0 Å². The van der Waals surface area contributed by atoms with E-state index < -0.39 is 26.5 Å². The van der Waals surface area contributed by atoms with Crippen molar-refractivity contribution in [1.82, 2.24) is 0 Å². The van der Waals surface area contributed by atoms with Crippen molar-refractivity contribution in [2.45, 2.75) is 39.9 Å². The molecule has 0 fully saturated rings. The number of sulfone groups is 1. The highest BCUT2D eigenvalue weighted by Gasteiger charge is 2.37. The van der Waals surface area contributed by atoms with Crippen molar-refractivity contribution in [1.29, 1.82) is 0 Å². The number of hydrogen-bond donors (Lipinski definition) is 0. The first kappa shape index (κ1) is 15.4. The van der Waals surface area contributed by atoms with Crippen LogP contribution in [0.25, 0.3) is 0 Å². The van der Waals surface area contributed by atoms with E-state index in [0.717, 1.165) is 0 Å². The molecule has 4 nitrogen and oxygen atoms in total. The molecule has 1 unspecified atom stereocenters. The van der Waals surface area contributed by atoms with Gasteiger partial charge in [-0.25, -0.2) is 8.42 Å². The molecule has 16 heavy (non-hydrogen) atoms. The predicted molar refractivity (Wildman–Crippen MR) is 63.9 cm³/mol. The monoisotopic (exact) mass is 250 g/mol. The minimum Gasteiger partial charge on any atom is -0.469 e. The molecule has 0 radical (unpaired) electrons. The van der Waals surface area contributed by atoms with Crippen molar-refractivity contribution in [2.24, 2.45) is 11.3 Å². The molecular weight excluding hydrogens is 228 g/mol. The number of rotatable bonds is 5. The zero-order chi connectivity index (χ0) is 13.1. The summed E-state index contributed by atoms with van der Waals surface area (Å²) >= 11 is 0. The van der Waals surface area contributed by atoms with Crippen molar-refractivity contribution in [2.75, 3.05) is 12.9 Å². The smallest absolute Gasteiger partial charge is 0.312 e. The molecule has 0 saturated heterocycles. The number of carbonyl (C=O) groups is 1. The van der Waals surface area contributed by atoms with Crippen LogP contribution < -0.4 is 0 Å². The molecule has 0 saturated carbocycles. The summed E-state index contributed by atoms with van der Waals surface area (Å²) in [5.41, 5.74) is -0.989. The van der Waals surface area contributed by atoms with Crippen LogP contribution in [-0.4, -0.2) is 32.5 Å². The summed E-state index contributed by atoms with van der Waals surface area (Å²) < 4.78 is 28.6. The van der Waals surface area contributed by atoms with Crippen molar-refractivity contribution in [3.63, 3.8) is 0 Å². The van der Waals surface area contributed by atoms with Crippen LogP contribution in [0.5, 0.6) is 0 Å². The fourth-order valence-corrected chi connectivity index (χ4v) is 3.60. The van der Waals surface area contributed by atoms with Gasteiger partial charge >= 0.3 is 5.97 Å². The Morgan fingerprint density at radius 3 is 2.00 bits per heavy atom. The second-order valence-electron chi connectivity index (χ2n) is 5.13. The standard InChI is InChI=1S/C11H22O4S/c1-8(2)9(3)16(13,14)7-11(4,5)10(12)15-6/h8-9H,7H2,1-6H3. The largest absolute Gasteiger partial charge is 0.469 e. The Bertz CT molecular complexity index is 341. The van der Waals surface area contributed by atoms with Crippen LogP contribution in [0.15, 0.2) is 0 Å². The average Bonchev–Trinajstić information content (AvgIpc) is 2.13. The first-order valence-corrected chi connectivity index (χ1v) is 7.06. The third-order valence-corrected chi connectivity index (χ3v) is 5.61. The van der Waals surface area contributed by atoms with E-state index in [0.29, 0.717) is 0 Å². The summed E-state index contributed by atoms with van der Waals surface area (Å²) in [5.74, 6) is -0.628. The van der Waals surface area contributed by atoms with E-state index in [-0.39, 0.29) is 11.7 Å². The van der Waals surface area contributed by atoms with Gasteiger partial charge in [0.1, 0.15) is 0 Å². The van der Waals surface area contributed by atoms with Gasteiger partial charge < -0.3 is 4.74 Å². The van der Waals surface area contributed by atoms with Crippen LogP contribution in [0, 0.1) is 11.3 Å². The first-order valence-electron chi connectivity index (χ1n) is 5.34. The second kappa shape index (κ2) is 5.17. The zero-order valence-corrected chi connectivity index (χ0v) is 11.7. The third kappa shape index (κ3) is 3.77. The highest BCUT2D eigenvalue weighted by molar-refractivity contribution is 7.92. The van der Waals surface area contributed by atoms with Crippen LogP contribution in [0.4, 0.5) is 0 Å². The van der Waals surface area contributed by atoms with Gasteiger partial charge in [-0.3, -0.25) is 4.79 Å². The Morgan fingerprint density at radius 1 is 1.25 bits per heavy atom. The van der Waals surface area contributed by atoms with Crippen LogP contribution in [0.2, 0.25) is 0 Å². The van der Waals surface area contributed by atoms with E-state index in [1.165, 1.54) is 7.11 Å². The normalized spacial score (nSPS) is 14.9. The molecule has 0 aliphatic carbocycles. The topological polar surface area (TPSA) is 60.4 Å². The van der Waals surface area contributed by atoms with Crippen LogP contribution in [0.1, 0.15) is 34.6 Å². The molecule has 0 aliphatic rings. The fourth-order valence-electron chi connectivity index (χ4n) is 1.38. The summed E-state index contributed by atoms with van der Waals surface area (Å²) in [6.07, 6.45) is 0. The van der Waals surface area contributed by atoms with Crippen molar-refractivity contribution < 1.29 is 17.9 Å². The van der Waals surface area contributed by atoms with Gasteiger partial charge in [-0.05, 0) is 26.7 Å². The van der Waals surface area contributed by atoms with Gasteiger partial charge in [0.05, 0.1) is 23.5 Å². The van der Waals surface area contributed by atoms with Crippen LogP contribution in [0.3, 0.4) is 0 Å². The SMILES string of the molecule is COC(=O)C(C)(C)CS(=O)(=O)C(C)C(C)C. The lowest BCUT2D eigenvalue weighted by molar-refractivity contribution is -0.149.